The molecule has 1 N–H and O–H groups in total. The summed E-state index contributed by atoms with van der Waals surface area (Å²) < 4.78 is 1.33. The van der Waals surface area contributed by atoms with Gasteiger partial charge in [-0.15, -0.1) is 11.3 Å². The van der Waals surface area contributed by atoms with E-state index >= 15 is 0 Å². The summed E-state index contributed by atoms with van der Waals surface area (Å²) in [6.45, 7) is 0. The van der Waals surface area contributed by atoms with Crippen LogP contribution in [0.25, 0.3) is 10.1 Å². The second kappa shape index (κ2) is 4.79. The summed E-state index contributed by atoms with van der Waals surface area (Å²) in [4.78, 5) is 0. The van der Waals surface area contributed by atoms with E-state index < -0.39 is 0 Å². The van der Waals surface area contributed by atoms with Gasteiger partial charge in [0.1, 0.15) is 0 Å². The number of rotatable bonds is 4. The highest BCUT2D eigenvalue weighted by Crippen LogP contribution is 2.32. The Morgan fingerprint density at radius 1 is 1.29 bits per heavy atom. The monoisotopic (exact) mass is 246 g/mol. The number of thiophene rings is 1. The number of benzene rings is 1. The fourth-order valence-corrected chi connectivity index (χ4v) is 3.62. The third-order valence-electron chi connectivity index (χ3n) is 3.85. The summed E-state index contributed by atoms with van der Waals surface area (Å²) in [6, 6.07) is 8.48. The Balaban J connectivity index is 1.71. The first kappa shape index (κ1) is 11.2. The second-order valence-corrected chi connectivity index (χ2v) is 6.06. The molecule has 90 valence electrons. The Bertz CT molecular complexity index is 498. The minimum Gasteiger partial charge on any atom is -0.393 e. The molecule has 0 radical (unpaired) electrons. The van der Waals surface area contributed by atoms with Crippen molar-refractivity contribution in [3.8, 4) is 0 Å². The smallest absolute Gasteiger partial charge is 0.0583 e. The molecule has 2 heteroatoms. The van der Waals surface area contributed by atoms with Crippen LogP contribution in [-0.4, -0.2) is 11.2 Å². The molecule has 1 aliphatic carbocycles. The molecular formula is C15H18OS. The predicted octanol–water partition coefficient (Wildman–Crippen LogP) is 3.99. The van der Waals surface area contributed by atoms with E-state index in [2.05, 4.69) is 29.6 Å². The van der Waals surface area contributed by atoms with E-state index in [9.17, 15) is 5.11 Å². The Labute approximate surface area is 106 Å². The van der Waals surface area contributed by atoms with Gasteiger partial charge in [-0.1, -0.05) is 37.5 Å². The second-order valence-electron chi connectivity index (χ2n) is 5.15. The van der Waals surface area contributed by atoms with Crippen molar-refractivity contribution in [3.63, 3.8) is 0 Å². The van der Waals surface area contributed by atoms with Gasteiger partial charge < -0.3 is 5.11 Å². The Kier molecular flexibility index (Phi) is 3.17. The molecule has 3 rings (SSSR count). The van der Waals surface area contributed by atoms with Gasteiger partial charge in [0.2, 0.25) is 0 Å². The lowest BCUT2D eigenvalue weighted by molar-refractivity contribution is 0.118. The molecule has 0 spiro atoms. The van der Waals surface area contributed by atoms with Crippen LogP contribution in [0.3, 0.4) is 0 Å². The zero-order chi connectivity index (χ0) is 11.7. The lowest BCUT2D eigenvalue weighted by Gasteiger charge is -2.27. The largest absolute Gasteiger partial charge is 0.393 e. The summed E-state index contributed by atoms with van der Waals surface area (Å²) in [5.41, 5.74) is 1.32. The first-order chi connectivity index (χ1) is 8.33. The van der Waals surface area contributed by atoms with Crippen LogP contribution >= 0.6 is 11.3 Å². The van der Waals surface area contributed by atoms with Crippen molar-refractivity contribution in [3.05, 3.63) is 35.2 Å². The maximum atomic E-state index is 10.1. The fourth-order valence-electron chi connectivity index (χ4n) is 2.64. The van der Waals surface area contributed by atoms with Crippen molar-refractivity contribution < 1.29 is 5.11 Å². The van der Waals surface area contributed by atoms with Crippen molar-refractivity contribution in [2.45, 2.75) is 38.2 Å². The summed E-state index contributed by atoms with van der Waals surface area (Å²) >= 11 is 1.78. The molecule has 1 aromatic carbocycles. The summed E-state index contributed by atoms with van der Waals surface area (Å²) in [7, 11) is 0. The van der Waals surface area contributed by atoms with Gasteiger partial charge in [0, 0.05) is 4.70 Å². The van der Waals surface area contributed by atoms with Crippen molar-refractivity contribution >= 4 is 21.4 Å². The molecular weight excluding hydrogens is 228 g/mol. The lowest BCUT2D eigenvalue weighted by Crippen LogP contribution is -2.20. The van der Waals surface area contributed by atoms with Crippen LogP contribution in [0.15, 0.2) is 29.6 Å². The van der Waals surface area contributed by atoms with E-state index in [1.807, 2.05) is 0 Å². The first-order valence-corrected chi connectivity index (χ1v) is 7.34. The number of hydrogen-bond acceptors (Lipinski definition) is 2. The Morgan fingerprint density at radius 2 is 2.12 bits per heavy atom. The van der Waals surface area contributed by atoms with E-state index in [0.717, 1.165) is 18.8 Å². The van der Waals surface area contributed by atoms with Gasteiger partial charge in [-0.2, -0.15) is 0 Å². The van der Waals surface area contributed by atoms with E-state index in [4.69, 9.17) is 0 Å². The molecule has 17 heavy (non-hydrogen) atoms. The van der Waals surface area contributed by atoms with Crippen molar-refractivity contribution in [2.24, 2.45) is 5.92 Å². The van der Waals surface area contributed by atoms with Gasteiger partial charge in [0.15, 0.2) is 0 Å². The molecule has 1 atom stereocenters. The third kappa shape index (κ3) is 2.38. The van der Waals surface area contributed by atoms with Crippen LogP contribution in [-0.2, 0) is 6.42 Å². The maximum absolute atomic E-state index is 10.1. The highest BCUT2D eigenvalue weighted by molar-refractivity contribution is 7.17. The molecule has 2 aromatic rings. The van der Waals surface area contributed by atoms with Gasteiger partial charge in [-0.25, -0.2) is 0 Å². The zero-order valence-corrected chi connectivity index (χ0v) is 10.7. The molecule has 0 saturated heterocycles. The number of aliphatic hydroxyl groups is 1. The lowest BCUT2D eigenvalue weighted by atomic mass is 9.80. The Morgan fingerprint density at radius 3 is 2.88 bits per heavy atom. The highest BCUT2D eigenvalue weighted by atomic mass is 32.1. The Hall–Kier alpha value is -0.860. The molecule has 1 saturated carbocycles. The van der Waals surface area contributed by atoms with Gasteiger partial charge in [-0.05, 0) is 41.2 Å². The average Bonchev–Trinajstić information content (AvgIpc) is 2.68. The topological polar surface area (TPSA) is 20.2 Å². The van der Waals surface area contributed by atoms with Crippen molar-refractivity contribution in [1.82, 2.24) is 0 Å². The van der Waals surface area contributed by atoms with E-state index in [-0.39, 0.29) is 6.10 Å². The van der Waals surface area contributed by atoms with Gasteiger partial charge in [-0.3, -0.25) is 0 Å². The minimum atomic E-state index is -0.154. The average molecular weight is 246 g/mol. The SMILES string of the molecule is OC(Cc1csc2ccccc12)CC1CCC1. The molecule has 0 amide bonds. The standard InChI is InChI=1S/C15H18OS/c16-13(8-11-4-3-5-11)9-12-10-17-15-7-2-1-6-14(12)15/h1-2,6-7,10-11,13,16H,3-5,8-9H2. The highest BCUT2D eigenvalue weighted by Gasteiger charge is 2.21. The molecule has 1 unspecified atom stereocenters. The predicted molar refractivity (Wildman–Crippen MR) is 73.5 cm³/mol. The summed E-state index contributed by atoms with van der Waals surface area (Å²) in [5.74, 6) is 0.787. The quantitative estimate of drug-likeness (QED) is 0.864. The summed E-state index contributed by atoms with van der Waals surface area (Å²) in [5, 5.41) is 13.6. The van der Waals surface area contributed by atoms with Crippen molar-refractivity contribution in [2.75, 3.05) is 0 Å². The van der Waals surface area contributed by atoms with E-state index in [1.54, 1.807) is 11.3 Å². The van der Waals surface area contributed by atoms with Crippen LogP contribution in [0, 0.1) is 5.92 Å². The molecule has 0 bridgehead atoms. The number of hydrogen-bond donors (Lipinski definition) is 1. The number of fused-ring (bicyclic) bond motifs is 1. The van der Waals surface area contributed by atoms with Crippen LogP contribution in [0.1, 0.15) is 31.2 Å². The third-order valence-corrected chi connectivity index (χ3v) is 4.86. The van der Waals surface area contributed by atoms with Gasteiger partial charge in [0.25, 0.3) is 0 Å². The fraction of sp³-hybridized carbons (Fsp3) is 0.467. The summed E-state index contributed by atoms with van der Waals surface area (Å²) in [6.07, 6.45) is 5.66. The van der Waals surface area contributed by atoms with Gasteiger partial charge in [0.05, 0.1) is 6.10 Å². The van der Waals surface area contributed by atoms with Crippen LogP contribution < -0.4 is 0 Å². The van der Waals surface area contributed by atoms with Crippen molar-refractivity contribution in [1.29, 1.82) is 0 Å². The molecule has 0 aliphatic heterocycles. The molecule has 1 nitrogen and oxygen atoms in total. The molecule has 1 aromatic heterocycles. The molecule has 1 heterocycles. The maximum Gasteiger partial charge on any atom is 0.0583 e. The zero-order valence-electron chi connectivity index (χ0n) is 9.93. The van der Waals surface area contributed by atoms with Crippen LogP contribution in [0.2, 0.25) is 0 Å². The van der Waals surface area contributed by atoms with E-state index in [1.165, 1.54) is 34.9 Å². The first-order valence-electron chi connectivity index (χ1n) is 6.46. The number of aliphatic hydroxyl groups excluding tert-OH is 1. The molecule has 1 fully saturated rings. The minimum absolute atomic E-state index is 0.154. The molecule has 1 aliphatic rings. The normalized spacial score (nSPS) is 18.2. The van der Waals surface area contributed by atoms with Gasteiger partial charge >= 0.3 is 0 Å². The van der Waals surface area contributed by atoms with Crippen LogP contribution in [0.4, 0.5) is 0 Å². The van der Waals surface area contributed by atoms with E-state index in [0.29, 0.717) is 0 Å². The van der Waals surface area contributed by atoms with Crippen LogP contribution in [0.5, 0.6) is 0 Å².